The van der Waals surface area contributed by atoms with Crippen LogP contribution in [0.4, 0.5) is 0 Å². The molecule has 0 saturated heterocycles. The number of hydrogen-bond acceptors (Lipinski definition) is 6. The number of rotatable bonds is 7. The predicted octanol–water partition coefficient (Wildman–Crippen LogP) is 5.30. The number of nitrogens with one attached hydrogen (secondary N) is 1. The molecule has 4 rings (SSSR count). The highest BCUT2D eigenvalue weighted by atomic mass is 127. The summed E-state index contributed by atoms with van der Waals surface area (Å²) in [6.45, 7) is 2.48. The van der Waals surface area contributed by atoms with Crippen LogP contribution in [0.5, 0.6) is 11.5 Å². The van der Waals surface area contributed by atoms with Crippen LogP contribution in [0, 0.1) is 8.98 Å². The molecule has 2 aliphatic heterocycles. The number of hydrogen-bond donors (Lipinski definition) is 1. The Morgan fingerprint density at radius 3 is 2.75 bits per heavy atom. The second kappa shape index (κ2) is 9.86. The molecule has 0 fully saturated rings. The van der Waals surface area contributed by atoms with Gasteiger partial charge in [0.25, 0.3) is 5.91 Å². The molecular weight excluding hydrogens is 539 g/mol. The maximum Gasteiger partial charge on any atom is 0.283 e. The van der Waals surface area contributed by atoms with Gasteiger partial charge in [-0.15, -0.1) is 0 Å². The quantitative estimate of drug-likeness (QED) is 0.367. The van der Waals surface area contributed by atoms with Crippen molar-refractivity contribution < 1.29 is 14.3 Å². The van der Waals surface area contributed by atoms with Crippen molar-refractivity contribution in [2.45, 2.75) is 26.4 Å². The van der Waals surface area contributed by atoms with Gasteiger partial charge in [-0.25, -0.2) is 0 Å². The maximum atomic E-state index is 12.6. The summed E-state index contributed by atoms with van der Waals surface area (Å²) in [6.07, 6.45) is 3.38. The number of carbonyl (C=O) groups excluding carboxylic acids is 1. The number of carbonyl (C=O) groups is 1. The SMILES string of the molecule is CCCC1=NN2C(=N)/C(=C/c3cc(I)c(OCc4ccccc4)c(OC)c3)C(=O)N=C2S1. The van der Waals surface area contributed by atoms with E-state index in [4.69, 9.17) is 14.9 Å². The van der Waals surface area contributed by atoms with Gasteiger partial charge in [-0.05, 0) is 76.5 Å². The Balaban J connectivity index is 1.60. The Morgan fingerprint density at radius 2 is 2.03 bits per heavy atom. The molecular formula is C23H21IN4O3S. The van der Waals surface area contributed by atoms with Crippen molar-refractivity contribution in [3.8, 4) is 11.5 Å². The van der Waals surface area contributed by atoms with Gasteiger partial charge in [0.2, 0.25) is 5.17 Å². The largest absolute Gasteiger partial charge is 0.493 e. The number of aliphatic imine (C=N–C) groups is 1. The van der Waals surface area contributed by atoms with E-state index in [0.717, 1.165) is 32.6 Å². The first-order valence-electron chi connectivity index (χ1n) is 10.0. The van der Waals surface area contributed by atoms with Crippen LogP contribution in [0.2, 0.25) is 0 Å². The summed E-state index contributed by atoms with van der Waals surface area (Å²) in [5.41, 5.74) is 1.96. The van der Waals surface area contributed by atoms with Gasteiger partial charge in [0.1, 0.15) is 11.7 Å². The van der Waals surface area contributed by atoms with Gasteiger partial charge >= 0.3 is 0 Å². The van der Waals surface area contributed by atoms with Gasteiger partial charge in [-0.1, -0.05) is 37.3 Å². The second-order valence-corrected chi connectivity index (χ2v) is 9.27. The number of halogens is 1. The summed E-state index contributed by atoms with van der Waals surface area (Å²) in [5.74, 6) is 0.768. The fourth-order valence-electron chi connectivity index (χ4n) is 3.21. The lowest BCUT2D eigenvalue weighted by molar-refractivity contribution is -0.114. The van der Waals surface area contributed by atoms with Crippen molar-refractivity contribution >= 4 is 62.4 Å². The molecule has 2 aromatic rings. The van der Waals surface area contributed by atoms with Gasteiger partial charge in [-0.3, -0.25) is 10.2 Å². The topological polar surface area (TPSA) is 87.3 Å². The fraction of sp³-hybridized carbons (Fsp3) is 0.217. The number of fused-ring (bicyclic) bond motifs is 1. The highest BCUT2D eigenvalue weighted by Gasteiger charge is 2.35. The molecule has 0 bridgehead atoms. The van der Waals surface area contributed by atoms with Crippen molar-refractivity contribution in [2.75, 3.05) is 7.11 Å². The number of thioether (sulfide) groups is 1. The number of amides is 1. The van der Waals surface area contributed by atoms with Crippen LogP contribution in [0.25, 0.3) is 6.08 Å². The van der Waals surface area contributed by atoms with Crippen LogP contribution in [-0.2, 0) is 11.4 Å². The average molecular weight is 560 g/mol. The van der Waals surface area contributed by atoms with Gasteiger partial charge in [0, 0.05) is 0 Å². The second-order valence-electron chi connectivity index (χ2n) is 7.07. The Labute approximate surface area is 204 Å². The number of benzene rings is 2. The summed E-state index contributed by atoms with van der Waals surface area (Å²) in [6, 6.07) is 13.6. The van der Waals surface area contributed by atoms with Crippen LogP contribution in [0.1, 0.15) is 30.9 Å². The van der Waals surface area contributed by atoms with E-state index < -0.39 is 5.91 Å². The van der Waals surface area contributed by atoms with Crippen molar-refractivity contribution in [2.24, 2.45) is 10.1 Å². The standard InChI is InChI=1S/C23H21IN4O3S/c1-3-7-19-27-28-21(25)16(22(29)26-23(28)32-19)10-15-11-17(24)20(18(12-15)30-2)31-13-14-8-5-4-6-9-14/h4-6,8-12,25H,3,7,13H2,1-2H3/b16-10-,25-21?. The molecule has 1 N–H and O–H groups in total. The zero-order valence-corrected chi connectivity index (χ0v) is 20.6. The summed E-state index contributed by atoms with van der Waals surface area (Å²) in [5, 5.41) is 15.7. The number of nitrogens with zero attached hydrogens (tertiary/aromatic N) is 3. The molecule has 0 spiro atoms. The lowest BCUT2D eigenvalue weighted by Crippen LogP contribution is -2.35. The van der Waals surface area contributed by atoms with E-state index in [9.17, 15) is 4.79 Å². The highest BCUT2D eigenvalue weighted by molar-refractivity contribution is 14.1. The smallest absolute Gasteiger partial charge is 0.283 e. The lowest BCUT2D eigenvalue weighted by Gasteiger charge is -2.20. The minimum absolute atomic E-state index is 0.0250. The van der Waals surface area contributed by atoms with Crippen molar-refractivity contribution in [3.05, 3.63) is 62.7 Å². The average Bonchev–Trinajstić information content (AvgIpc) is 3.19. The monoisotopic (exact) mass is 560 g/mol. The zero-order valence-electron chi connectivity index (χ0n) is 17.6. The molecule has 0 unspecified atom stereocenters. The summed E-state index contributed by atoms with van der Waals surface area (Å²) >= 11 is 3.53. The highest BCUT2D eigenvalue weighted by Crippen LogP contribution is 2.36. The number of ether oxygens (including phenoxy) is 2. The van der Waals surface area contributed by atoms with E-state index in [2.05, 4.69) is 39.6 Å². The van der Waals surface area contributed by atoms with Crippen LogP contribution >= 0.6 is 34.4 Å². The first-order valence-corrected chi connectivity index (χ1v) is 11.9. The molecule has 0 saturated carbocycles. The van der Waals surface area contributed by atoms with Crippen LogP contribution in [0.15, 0.2) is 58.1 Å². The Morgan fingerprint density at radius 1 is 1.25 bits per heavy atom. The van der Waals surface area contributed by atoms with E-state index in [-0.39, 0.29) is 11.4 Å². The molecule has 2 aromatic carbocycles. The molecule has 0 aliphatic carbocycles. The third-order valence-electron chi connectivity index (χ3n) is 4.75. The van der Waals surface area contributed by atoms with Crippen molar-refractivity contribution in [1.29, 1.82) is 5.41 Å². The van der Waals surface area contributed by atoms with Crippen LogP contribution in [0.3, 0.4) is 0 Å². The minimum Gasteiger partial charge on any atom is -0.493 e. The molecule has 0 aromatic heterocycles. The molecule has 32 heavy (non-hydrogen) atoms. The first-order chi connectivity index (χ1) is 15.5. The Bertz CT molecular complexity index is 1160. The number of amidine groups is 2. The molecule has 164 valence electrons. The number of hydrazone groups is 1. The molecule has 9 heteroatoms. The van der Waals surface area contributed by atoms with E-state index in [1.807, 2.05) is 36.4 Å². The molecule has 0 radical (unpaired) electrons. The lowest BCUT2D eigenvalue weighted by atomic mass is 10.1. The van der Waals surface area contributed by atoms with Crippen LogP contribution < -0.4 is 9.47 Å². The minimum atomic E-state index is -0.444. The molecule has 1 amide bonds. The summed E-state index contributed by atoms with van der Waals surface area (Å²) in [4.78, 5) is 16.8. The van der Waals surface area contributed by atoms with E-state index in [0.29, 0.717) is 23.3 Å². The summed E-state index contributed by atoms with van der Waals surface area (Å²) in [7, 11) is 1.58. The van der Waals surface area contributed by atoms with E-state index in [1.54, 1.807) is 19.3 Å². The fourth-order valence-corrected chi connectivity index (χ4v) is 4.97. The molecule has 0 atom stereocenters. The third-order valence-corrected chi connectivity index (χ3v) is 6.52. The normalized spacial score (nSPS) is 16.7. The van der Waals surface area contributed by atoms with Crippen molar-refractivity contribution in [3.63, 3.8) is 0 Å². The van der Waals surface area contributed by atoms with Gasteiger partial charge in [-0.2, -0.15) is 15.1 Å². The molecule has 7 nitrogen and oxygen atoms in total. The molecule has 2 aliphatic rings. The van der Waals surface area contributed by atoms with E-state index >= 15 is 0 Å². The van der Waals surface area contributed by atoms with Crippen molar-refractivity contribution in [1.82, 2.24) is 5.01 Å². The maximum absolute atomic E-state index is 12.6. The van der Waals surface area contributed by atoms with Gasteiger partial charge < -0.3 is 9.47 Å². The first kappa shape index (κ1) is 22.5. The Hall–Kier alpha value is -2.66. The predicted molar refractivity (Wildman–Crippen MR) is 136 cm³/mol. The van der Waals surface area contributed by atoms with Crippen LogP contribution in [-0.4, -0.2) is 34.1 Å². The van der Waals surface area contributed by atoms with E-state index in [1.165, 1.54) is 16.8 Å². The van der Waals surface area contributed by atoms with Gasteiger partial charge in [0.05, 0.1) is 16.3 Å². The summed E-state index contributed by atoms with van der Waals surface area (Å²) < 4.78 is 12.4. The number of methoxy groups -OCH3 is 1. The third kappa shape index (κ3) is 4.73. The molecule has 2 heterocycles. The zero-order chi connectivity index (χ0) is 22.7. The van der Waals surface area contributed by atoms with Gasteiger partial charge in [0.15, 0.2) is 17.3 Å². The Kier molecular flexibility index (Phi) is 6.95.